The highest BCUT2D eigenvalue weighted by Crippen LogP contribution is 2.32. The van der Waals surface area contributed by atoms with E-state index in [4.69, 9.17) is 4.74 Å². The number of hydrogen-bond donors (Lipinski definition) is 1. The molecule has 30 heavy (non-hydrogen) atoms. The molecule has 2 heterocycles. The van der Waals surface area contributed by atoms with Gasteiger partial charge in [-0.2, -0.15) is 13.2 Å². The number of fused-ring (bicyclic) bond motifs is 1. The number of nitrogens with zero attached hydrogens (tertiary/aromatic N) is 4. The summed E-state index contributed by atoms with van der Waals surface area (Å²) in [6.07, 6.45) is -2.99. The Balaban J connectivity index is 1.80. The van der Waals surface area contributed by atoms with E-state index in [1.54, 1.807) is 6.92 Å². The molecule has 0 aliphatic heterocycles. The number of aromatic nitrogens is 4. The second-order valence-electron chi connectivity index (χ2n) is 6.45. The number of hydrogen-bond acceptors (Lipinski definition) is 5. The average Bonchev–Trinajstić information content (AvgIpc) is 3.04. The minimum atomic E-state index is -4.48. The highest BCUT2D eigenvalue weighted by atomic mass is 19.4. The monoisotopic (exact) mass is 417 g/mol. The number of imidazole rings is 1. The van der Waals surface area contributed by atoms with Crippen LogP contribution < -0.4 is 10.1 Å². The molecule has 0 fully saturated rings. The van der Waals surface area contributed by atoms with Crippen LogP contribution in [0.5, 0.6) is 5.75 Å². The molecule has 0 amide bonds. The zero-order valence-electron chi connectivity index (χ0n) is 15.8. The molecule has 0 radical (unpaired) electrons. The number of aryl methyl sites for hydroxylation is 1. The third-order valence-corrected chi connectivity index (χ3v) is 4.43. The Labute approximate surface area is 168 Å². The summed E-state index contributed by atoms with van der Waals surface area (Å²) in [5.41, 5.74) is 0.845. The largest absolute Gasteiger partial charge is 0.495 e. The van der Waals surface area contributed by atoms with Crippen LogP contribution in [-0.4, -0.2) is 26.7 Å². The number of alkyl halides is 3. The maximum atomic E-state index is 13.6. The van der Waals surface area contributed by atoms with Gasteiger partial charge in [-0.1, -0.05) is 12.1 Å². The molecule has 6 nitrogen and oxygen atoms in total. The lowest BCUT2D eigenvalue weighted by molar-refractivity contribution is -0.137. The van der Waals surface area contributed by atoms with Crippen LogP contribution in [0, 0.1) is 12.7 Å². The summed E-state index contributed by atoms with van der Waals surface area (Å²) < 4.78 is 59.5. The molecule has 0 bridgehead atoms. The topological polar surface area (TPSA) is 64.3 Å². The zero-order valence-corrected chi connectivity index (χ0v) is 15.8. The Bertz CT molecular complexity index is 1240. The predicted octanol–water partition coefficient (Wildman–Crippen LogP) is 5.01. The molecule has 0 saturated heterocycles. The van der Waals surface area contributed by atoms with E-state index in [0.717, 1.165) is 12.1 Å². The van der Waals surface area contributed by atoms with Crippen molar-refractivity contribution < 1.29 is 22.3 Å². The molecule has 0 unspecified atom stereocenters. The van der Waals surface area contributed by atoms with E-state index in [1.807, 2.05) is 0 Å². The van der Waals surface area contributed by atoms with Gasteiger partial charge in [-0.05, 0) is 31.2 Å². The maximum absolute atomic E-state index is 13.6. The molecular weight excluding hydrogens is 402 g/mol. The van der Waals surface area contributed by atoms with Crippen molar-refractivity contribution in [3.8, 4) is 17.1 Å². The van der Waals surface area contributed by atoms with Crippen molar-refractivity contribution >= 4 is 17.2 Å². The Hall–Kier alpha value is -3.69. The first kappa shape index (κ1) is 19.6. The first-order valence-corrected chi connectivity index (χ1v) is 8.77. The predicted molar refractivity (Wildman–Crippen MR) is 102 cm³/mol. The lowest BCUT2D eigenvalue weighted by atomic mass is 10.1. The Kier molecular flexibility index (Phi) is 4.76. The minimum Gasteiger partial charge on any atom is -0.495 e. The average molecular weight is 417 g/mol. The van der Waals surface area contributed by atoms with Gasteiger partial charge in [0.15, 0.2) is 5.82 Å². The van der Waals surface area contributed by atoms with Crippen molar-refractivity contribution in [2.75, 3.05) is 12.4 Å². The highest BCUT2D eigenvalue weighted by molar-refractivity contribution is 5.66. The van der Waals surface area contributed by atoms with Crippen LogP contribution in [-0.2, 0) is 6.18 Å². The number of nitrogens with one attached hydrogen (secondary N) is 1. The standard InChI is InChI=1S/C20H15F4N5O/c1-11-16-10-25-19(27-15-9-14(21)6-7-17(15)30-2)28-29(16)18(26-11)12-4-3-5-13(8-12)20(22,23)24/h3-10H,1-2H3,(H,27,28). The molecule has 10 heteroatoms. The summed E-state index contributed by atoms with van der Waals surface area (Å²) in [6.45, 7) is 1.71. The normalized spacial score (nSPS) is 11.7. The van der Waals surface area contributed by atoms with E-state index in [-0.39, 0.29) is 17.3 Å². The van der Waals surface area contributed by atoms with Gasteiger partial charge in [0, 0.05) is 11.6 Å². The smallest absolute Gasteiger partial charge is 0.416 e. The van der Waals surface area contributed by atoms with Crippen LogP contribution in [0.2, 0.25) is 0 Å². The Morgan fingerprint density at radius 3 is 2.63 bits per heavy atom. The molecule has 0 saturated carbocycles. The van der Waals surface area contributed by atoms with E-state index in [1.165, 1.54) is 48.2 Å². The number of benzene rings is 2. The Morgan fingerprint density at radius 2 is 1.90 bits per heavy atom. The van der Waals surface area contributed by atoms with Gasteiger partial charge in [0.2, 0.25) is 5.95 Å². The van der Waals surface area contributed by atoms with Gasteiger partial charge in [-0.3, -0.25) is 0 Å². The van der Waals surface area contributed by atoms with Crippen LogP contribution in [0.25, 0.3) is 16.9 Å². The quantitative estimate of drug-likeness (QED) is 0.473. The Morgan fingerprint density at radius 1 is 1.10 bits per heavy atom. The summed E-state index contributed by atoms with van der Waals surface area (Å²) in [4.78, 5) is 8.55. The summed E-state index contributed by atoms with van der Waals surface area (Å²) in [6, 6.07) is 8.76. The summed E-state index contributed by atoms with van der Waals surface area (Å²) in [7, 11) is 1.44. The third kappa shape index (κ3) is 3.63. The van der Waals surface area contributed by atoms with Gasteiger partial charge >= 0.3 is 6.18 Å². The molecule has 4 aromatic rings. The molecule has 0 spiro atoms. The lowest BCUT2D eigenvalue weighted by Gasteiger charge is -2.11. The number of halogens is 4. The van der Waals surface area contributed by atoms with Crippen LogP contribution in [0.4, 0.5) is 29.2 Å². The van der Waals surface area contributed by atoms with E-state index in [2.05, 4.69) is 20.4 Å². The van der Waals surface area contributed by atoms with E-state index >= 15 is 0 Å². The van der Waals surface area contributed by atoms with Crippen LogP contribution >= 0.6 is 0 Å². The van der Waals surface area contributed by atoms with Crippen molar-refractivity contribution in [1.82, 2.24) is 19.6 Å². The molecule has 1 N–H and O–H groups in total. The molecule has 2 aromatic carbocycles. The van der Waals surface area contributed by atoms with Gasteiger partial charge in [0.1, 0.15) is 17.1 Å². The van der Waals surface area contributed by atoms with Crippen LogP contribution in [0.3, 0.4) is 0 Å². The molecule has 154 valence electrons. The van der Waals surface area contributed by atoms with Gasteiger partial charge in [0.25, 0.3) is 0 Å². The maximum Gasteiger partial charge on any atom is 0.416 e. The number of rotatable bonds is 4. The lowest BCUT2D eigenvalue weighted by Crippen LogP contribution is -2.06. The molecule has 0 aliphatic rings. The summed E-state index contributed by atoms with van der Waals surface area (Å²) >= 11 is 0. The molecule has 2 aromatic heterocycles. The van der Waals surface area contributed by atoms with Crippen molar-refractivity contribution in [3.05, 3.63) is 65.7 Å². The fraction of sp³-hybridized carbons (Fsp3) is 0.150. The fourth-order valence-electron chi connectivity index (χ4n) is 3.00. The number of ether oxygens (including phenoxy) is 1. The van der Waals surface area contributed by atoms with Gasteiger partial charge < -0.3 is 10.1 Å². The van der Waals surface area contributed by atoms with Crippen LogP contribution in [0.1, 0.15) is 11.3 Å². The first-order valence-electron chi connectivity index (χ1n) is 8.77. The van der Waals surface area contributed by atoms with Crippen molar-refractivity contribution in [2.24, 2.45) is 0 Å². The van der Waals surface area contributed by atoms with Crippen molar-refractivity contribution in [2.45, 2.75) is 13.1 Å². The summed E-state index contributed by atoms with van der Waals surface area (Å²) in [5.74, 6) is 0.213. The van der Waals surface area contributed by atoms with Gasteiger partial charge in [-0.15, -0.1) is 5.10 Å². The fourth-order valence-corrected chi connectivity index (χ4v) is 3.00. The molecule has 0 atom stereocenters. The number of anilines is 2. The van der Waals surface area contributed by atoms with Crippen LogP contribution in [0.15, 0.2) is 48.7 Å². The highest BCUT2D eigenvalue weighted by Gasteiger charge is 2.31. The first-order chi connectivity index (χ1) is 14.3. The zero-order chi connectivity index (χ0) is 21.5. The third-order valence-electron chi connectivity index (χ3n) is 4.43. The second-order valence-corrected chi connectivity index (χ2v) is 6.45. The molecule has 4 rings (SSSR count). The summed E-state index contributed by atoms with van der Waals surface area (Å²) in [5, 5.41) is 7.20. The van der Waals surface area contributed by atoms with E-state index in [0.29, 0.717) is 22.6 Å². The van der Waals surface area contributed by atoms with Gasteiger partial charge in [-0.25, -0.2) is 18.9 Å². The number of methoxy groups -OCH3 is 1. The van der Waals surface area contributed by atoms with Crippen molar-refractivity contribution in [3.63, 3.8) is 0 Å². The molecule has 0 aliphatic carbocycles. The van der Waals surface area contributed by atoms with Gasteiger partial charge in [0.05, 0.1) is 30.3 Å². The van der Waals surface area contributed by atoms with Crippen molar-refractivity contribution in [1.29, 1.82) is 0 Å². The second kappa shape index (κ2) is 7.29. The SMILES string of the molecule is COc1ccc(F)cc1Nc1ncc2c(C)nc(-c3cccc(C(F)(F)F)c3)n2n1. The van der Waals surface area contributed by atoms with E-state index < -0.39 is 17.6 Å². The van der Waals surface area contributed by atoms with E-state index in [9.17, 15) is 17.6 Å². The molecular formula is C20H15F4N5O. The minimum absolute atomic E-state index is 0.0945.